The van der Waals surface area contributed by atoms with E-state index in [9.17, 15) is 0 Å². The van der Waals surface area contributed by atoms with Crippen LogP contribution in [-0.2, 0) is 4.74 Å². The van der Waals surface area contributed by atoms with Gasteiger partial charge in [0.05, 0.1) is 12.1 Å². The lowest BCUT2D eigenvalue weighted by Crippen LogP contribution is -2.38. The van der Waals surface area contributed by atoms with Gasteiger partial charge in [0.2, 0.25) is 0 Å². The van der Waals surface area contributed by atoms with Crippen molar-refractivity contribution < 1.29 is 4.74 Å². The van der Waals surface area contributed by atoms with Gasteiger partial charge in [0.15, 0.2) is 0 Å². The summed E-state index contributed by atoms with van der Waals surface area (Å²) in [5.41, 5.74) is 7.69. The Morgan fingerprint density at radius 2 is 2.13 bits per heavy atom. The van der Waals surface area contributed by atoms with Crippen LogP contribution in [0, 0.1) is 0 Å². The van der Waals surface area contributed by atoms with Crippen LogP contribution in [0.5, 0.6) is 0 Å². The second kappa shape index (κ2) is 7.02. The van der Waals surface area contributed by atoms with Crippen LogP contribution in [0.2, 0.25) is 0 Å². The van der Waals surface area contributed by atoms with E-state index in [1.165, 1.54) is 37.7 Å². The Kier molecular flexibility index (Phi) is 5.96. The largest absolute Gasteiger partial charge is 0.377 e. The second-order valence-corrected chi connectivity index (χ2v) is 4.31. The summed E-state index contributed by atoms with van der Waals surface area (Å²) in [4.78, 5) is 0. The average Bonchev–Trinajstić information content (AvgIpc) is 2.53. The lowest BCUT2D eigenvalue weighted by molar-refractivity contribution is 0.0487. The third-order valence-corrected chi connectivity index (χ3v) is 3.19. The summed E-state index contributed by atoms with van der Waals surface area (Å²) in [5.74, 6) is 0. The Labute approximate surface area is 93.9 Å². The molecular weight excluding hydrogens is 186 g/mol. The predicted octanol–water partition coefficient (Wildman–Crippen LogP) is 3.02. The summed E-state index contributed by atoms with van der Waals surface area (Å²) < 4.78 is 5.68. The van der Waals surface area contributed by atoms with Crippen LogP contribution < -0.4 is 5.73 Å². The molecule has 0 fully saturated rings. The highest BCUT2D eigenvalue weighted by atomic mass is 16.5. The van der Waals surface area contributed by atoms with Gasteiger partial charge >= 0.3 is 0 Å². The van der Waals surface area contributed by atoms with E-state index in [2.05, 4.69) is 13.0 Å². The minimum Gasteiger partial charge on any atom is -0.377 e. The molecule has 0 spiro atoms. The zero-order chi connectivity index (χ0) is 11.1. The summed E-state index contributed by atoms with van der Waals surface area (Å²) in [6.07, 6.45) is 9.89. The van der Waals surface area contributed by atoms with Gasteiger partial charge in [-0.05, 0) is 39.0 Å². The van der Waals surface area contributed by atoms with Gasteiger partial charge in [-0.2, -0.15) is 0 Å². The lowest BCUT2D eigenvalue weighted by Gasteiger charge is -2.24. The van der Waals surface area contributed by atoms with Crippen molar-refractivity contribution in [2.45, 2.75) is 64.5 Å². The number of allylic oxidation sites excluding steroid dienone is 1. The fraction of sp³-hybridized carbons (Fsp3) is 0.846. The molecule has 0 amide bonds. The Hall–Kier alpha value is -0.340. The molecular formula is C13H25NO. The summed E-state index contributed by atoms with van der Waals surface area (Å²) >= 11 is 0. The summed E-state index contributed by atoms with van der Waals surface area (Å²) in [6.45, 7) is 4.95. The molecule has 0 heterocycles. The number of ether oxygens (including phenoxy) is 1. The molecule has 1 aliphatic carbocycles. The van der Waals surface area contributed by atoms with Gasteiger partial charge in [0.1, 0.15) is 0 Å². The van der Waals surface area contributed by atoms with Gasteiger partial charge in [0.25, 0.3) is 0 Å². The highest BCUT2D eigenvalue weighted by Crippen LogP contribution is 2.22. The average molecular weight is 211 g/mol. The van der Waals surface area contributed by atoms with E-state index in [0.717, 1.165) is 13.0 Å². The van der Waals surface area contributed by atoms with Crippen LogP contribution in [0.3, 0.4) is 0 Å². The molecule has 1 rings (SSSR count). The summed E-state index contributed by atoms with van der Waals surface area (Å²) in [7, 11) is 0. The Morgan fingerprint density at radius 3 is 2.80 bits per heavy atom. The van der Waals surface area contributed by atoms with Crippen LogP contribution in [0.15, 0.2) is 11.6 Å². The first-order valence-corrected chi connectivity index (χ1v) is 6.35. The standard InChI is InChI=1S/C13H25NO/c1-3-12(15-4-2)13(14)11-9-7-5-6-8-10-11/h9,12-13H,3-8,10,14H2,1-2H3. The molecule has 2 atom stereocenters. The zero-order valence-corrected chi connectivity index (χ0v) is 10.2. The van der Waals surface area contributed by atoms with E-state index < -0.39 is 0 Å². The summed E-state index contributed by atoms with van der Waals surface area (Å²) in [6, 6.07) is 0.119. The van der Waals surface area contributed by atoms with Gasteiger partial charge in [-0.3, -0.25) is 0 Å². The topological polar surface area (TPSA) is 35.2 Å². The van der Waals surface area contributed by atoms with Crippen molar-refractivity contribution >= 4 is 0 Å². The number of hydrogen-bond donors (Lipinski definition) is 1. The van der Waals surface area contributed by atoms with E-state index in [-0.39, 0.29) is 12.1 Å². The molecule has 0 saturated carbocycles. The van der Waals surface area contributed by atoms with Crippen molar-refractivity contribution in [3.05, 3.63) is 11.6 Å². The lowest BCUT2D eigenvalue weighted by atomic mass is 9.96. The molecule has 0 radical (unpaired) electrons. The van der Waals surface area contributed by atoms with Crippen LogP contribution >= 0.6 is 0 Å². The second-order valence-electron chi connectivity index (χ2n) is 4.31. The first-order valence-electron chi connectivity index (χ1n) is 6.35. The molecule has 0 aromatic rings. The molecule has 15 heavy (non-hydrogen) atoms. The van der Waals surface area contributed by atoms with Crippen LogP contribution in [-0.4, -0.2) is 18.8 Å². The zero-order valence-electron chi connectivity index (χ0n) is 10.2. The molecule has 0 aliphatic heterocycles. The Morgan fingerprint density at radius 1 is 1.33 bits per heavy atom. The molecule has 88 valence electrons. The molecule has 0 aromatic carbocycles. The molecule has 2 nitrogen and oxygen atoms in total. The van der Waals surface area contributed by atoms with E-state index in [0.29, 0.717) is 0 Å². The maximum Gasteiger partial charge on any atom is 0.0761 e. The van der Waals surface area contributed by atoms with E-state index in [1.54, 1.807) is 0 Å². The third kappa shape index (κ3) is 3.96. The monoisotopic (exact) mass is 211 g/mol. The predicted molar refractivity (Wildman–Crippen MR) is 64.8 cm³/mol. The summed E-state index contributed by atoms with van der Waals surface area (Å²) in [5, 5.41) is 0. The SMILES string of the molecule is CCOC(CC)C(N)C1=CCCCCC1. The van der Waals surface area contributed by atoms with E-state index in [4.69, 9.17) is 10.5 Å². The fourth-order valence-corrected chi connectivity index (χ4v) is 2.27. The highest BCUT2D eigenvalue weighted by Gasteiger charge is 2.20. The highest BCUT2D eigenvalue weighted by molar-refractivity contribution is 5.13. The molecule has 2 heteroatoms. The molecule has 1 aliphatic rings. The fourth-order valence-electron chi connectivity index (χ4n) is 2.27. The first-order chi connectivity index (χ1) is 7.29. The van der Waals surface area contributed by atoms with Crippen LogP contribution in [0.25, 0.3) is 0 Å². The maximum absolute atomic E-state index is 6.27. The molecule has 0 bridgehead atoms. The van der Waals surface area contributed by atoms with Gasteiger partial charge in [-0.15, -0.1) is 0 Å². The van der Waals surface area contributed by atoms with Gasteiger partial charge < -0.3 is 10.5 Å². The van der Waals surface area contributed by atoms with Crippen molar-refractivity contribution in [3.63, 3.8) is 0 Å². The molecule has 2 N–H and O–H groups in total. The number of nitrogens with two attached hydrogens (primary N) is 1. The van der Waals surface area contributed by atoms with Crippen LogP contribution in [0.1, 0.15) is 52.4 Å². The van der Waals surface area contributed by atoms with Crippen molar-refractivity contribution in [1.29, 1.82) is 0 Å². The van der Waals surface area contributed by atoms with Crippen molar-refractivity contribution in [1.82, 2.24) is 0 Å². The minimum absolute atomic E-state index is 0.119. The molecule has 0 aromatic heterocycles. The van der Waals surface area contributed by atoms with Gasteiger partial charge in [-0.25, -0.2) is 0 Å². The molecule has 2 unspecified atom stereocenters. The normalized spacial score (nSPS) is 21.7. The first kappa shape index (κ1) is 12.7. The number of hydrogen-bond acceptors (Lipinski definition) is 2. The van der Waals surface area contributed by atoms with E-state index in [1.807, 2.05) is 6.92 Å². The van der Waals surface area contributed by atoms with Crippen molar-refractivity contribution in [2.24, 2.45) is 5.73 Å². The Balaban J connectivity index is 2.54. The molecule has 0 saturated heterocycles. The quantitative estimate of drug-likeness (QED) is 0.709. The van der Waals surface area contributed by atoms with Gasteiger partial charge in [-0.1, -0.05) is 25.0 Å². The smallest absolute Gasteiger partial charge is 0.0761 e. The number of rotatable bonds is 5. The van der Waals surface area contributed by atoms with Crippen molar-refractivity contribution in [3.8, 4) is 0 Å². The van der Waals surface area contributed by atoms with Crippen LogP contribution in [0.4, 0.5) is 0 Å². The van der Waals surface area contributed by atoms with Crippen molar-refractivity contribution in [2.75, 3.05) is 6.61 Å². The maximum atomic E-state index is 6.27. The van der Waals surface area contributed by atoms with Gasteiger partial charge in [0, 0.05) is 6.61 Å². The Bertz CT molecular complexity index is 201. The van der Waals surface area contributed by atoms with E-state index >= 15 is 0 Å². The third-order valence-electron chi connectivity index (χ3n) is 3.19. The minimum atomic E-state index is 0.119.